The largest absolute Gasteiger partial charge is 0.464 e. The van der Waals surface area contributed by atoms with Crippen LogP contribution in [0, 0.1) is 0 Å². The Morgan fingerprint density at radius 2 is 2.25 bits per heavy atom. The lowest BCUT2D eigenvalue weighted by molar-refractivity contribution is -0.142. The number of amides is 1. The van der Waals surface area contributed by atoms with Gasteiger partial charge in [0, 0.05) is 11.3 Å². The van der Waals surface area contributed by atoms with Gasteiger partial charge in [-0.05, 0) is 11.4 Å². The molecule has 0 atom stereocenters. The Hall–Kier alpha value is -1.40. The second-order valence-electron chi connectivity index (χ2n) is 3.12. The van der Waals surface area contributed by atoms with Crippen LogP contribution in [0.25, 0.3) is 0 Å². The van der Waals surface area contributed by atoms with E-state index in [4.69, 9.17) is 10.5 Å². The van der Waals surface area contributed by atoms with Crippen molar-refractivity contribution in [2.45, 2.75) is 6.42 Å². The lowest BCUT2D eigenvalue weighted by Crippen LogP contribution is -2.33. The Kier molecular flexibility index (Phi) is 5.52. The van der Waals surface area contributed by atoms with Crippen LogP contribution in [0.1, 0.15) is 4.88 Å². The van der Waals surface area contributed by atoms with Crippen molar-refractivity contribution < 1.29 is 14.3 Å². The maximum atomic E-state index is 11.1. The first-order valence-corrected chi connectivity index (χ1v) is 5.73. The molecule has 0 saturated heterocycles. The molecule has 1 rings (SSSR count). The fourth-order valence-electron chi connectivity index (χ4n) is 1.06. The van der Waals surface area contributed by atoms with Gasteiger partial charge in [0.2, 0.25) is 5.91 Å². The molecule has 0 fully saturated rings. The number of ether oxygens (including phenoxy) is 1. The quantitative estimate of drug-likeness (QED) is 0.655. The van der Waals surface area contributed by atoms with Crippen LogP contribution in [0.5, 0.6) is 0 Å². The third-order valence-corrected chi connectivity index (χ3v) is 2.70. The number of nitrogens with one attached hydrogen (secondary N) is 1. The third-order valence-electron chi connectivity index (χ3n) is 1.76. The van der Waals surface area contributed by atoms with Crippen molar-refractivity contribution in [2.75, 3.05) is 19.7 Å². The highest BCUT2D eigenvalue weighted by Crippen LogP contribution is 2.08. The number of carbonyl (C=O) groups is 2. The van der Waals surface area contributed by atoms with Gasteiger partial charge < -0.3 is 10.5 Å². The average Bonchev–Trinajstić information content (AvgIpc) is 2.70. The SMILES string of the molecule is NC(=O)CNCC(=O)OCCc1cccs1. The molecular formula is C10H14N2O3S. The van der Waals surface area contributed by atoms with Crippen LogP contribution in [0.2, 0.25) is 0 Å². The molecule has 1 aromatic rings. The molecular weight excluding hydrogens is 228 g/mol. The Bertz CT molecular complexity index is 338. The molecule has 0 radical (unpaired) electrons. The molecule has 0 aromatic carbocycles. The number of thiophene rings is 1. The number of esters is 1. The zero-order valence-electron chi connectivity index (χ0n) is 8.77. The first-order chi connectivity index (χ1) is 7.68. The summed E-state index contributed by atoms with van der Waals surface area (Å²) >= 11 is 1.63. The van der Waals surface area contributed by atoms with E-state index in [2.05, 4.69) is 5.32 Å². The third kappa shape index (κ3) is 5.47. The minimum Gasteiger partial charge on any atom is -0.464 e. The van der Waals surface area contributed by atoms with E-state index >= 15 is 0 Å². The summed E-state index contributed by atoms with van der Waals surface area (Å²) in [4.78, 5) is 22.7. The smallest absolute Gasteiger partial charge is 0.319 e. The molecule has 1 aromatic heterocycles. The van der Waals surface area contributed by atoms with Crippen LogP contribution in [0.4, 0.5) is 0 Å². The summed E-state index contributed by atoms with van der Waals surface area (Å²) in [5.74, 6) is -0.871. The minimum atomic E-state index is -0.494. The van der Waals surface area contributed by atoms with E-state index < -0.39 is 5.91 Å². The van der Waals surface area contributed by atoms with Gasteiger partial charge in [-0.1, -0.05) is 6.07 Å². The second-order valence-corrected chi connectivity index (χ2v) is 4.15. The minimum absolute atomic E-state index is 0.00732. The number of rotatable bonds is 7. The van der Waals surface area contributed by atoms with Crippen molar-refractivity contribution in [2.24, 2.45) is 5.73 Å². The van der Waals surface area contributed by atoms with E-state index in [1.165, 1.54) is 4.88 Å². The maximum Gasteiger partial charge on any atom is 0.319 e. The standard InChI is InChI=1S/C10H14N2O3S/c11-9(13)6-12-7-10(14)15-4-3-8-2-1-5-16-8/h1-2,5,12H,3-4,6-7H2,(H2,11,13). The van der Waals surface area contributed by atoms with Gasteiger partial charge >= 0.3 is 5.97 Å². The zero-order chi connectivity index (χ0) is 11.8. The van der Waals surface area contributed by atoms with Gasteiger partial charge in [-0.3, -0.25) is 14.9 Å². The monoisotopic (exact) mass is 242 g/mol. The van der Waals surface area contributed by atoms with Crippen molar-refractivity contribution in [3.63, 3.8) is 0 Å². The number of hydrogen-bond donors (Lipinski definition) is 2. The van der Waals surface area contributed by atoms with Crippen LogP contribution in [0.3, 0.4) is 0 Å². The van der Waals surface area contributed by atoms with Crippen LogP contribution >= 0.6 is 11.3 Å². The molecule has 3 N–H and O–H groups in total. The predicted octanol–water partition coefficient (Wildman–Crippen LogP) is -0.0913. The van der Waals surface area contributed by atoms with E-state index in [0.29, 0.717) is 6.61 Å². The molecule has 1 amide bonds. The van der Waals surface area contributed by atoms with Crippen molar-refractivity contribution in [1.29, 1.82) is 0 Å². The lowest BCUT2D eigenvalue weighted by Gasteiger charge is -2.04. The van der Waals surface area contributed by atoms with Crippen molar-refractivity contribution in [1.82, 2.24) is 5.32 Å². The van der Waals surface area contributed by atoms with Crippen molar-refractivity contribution >= 4 is 23.2 Å². The van der Waals surface area contributed by atoms with Gasteiger partial charge in [0.25, 0.3) is 0 Å². The summed E-state index contributed by atoms with van der Waals surface area (Å²) in [6.07, 6.45) is 0.721. The summed E-state index contributed by atoms with van der Waals surface area (Å²) in [5.41, 5.74) is 4.89. The lowest BCUT2D eigenvalue weighted by atomic mass is 10.4. The Balaban J connectivity index is 2.04. The molecule has 88 valence electrons. The molecule has 6 heteroatoms. The predicted molar refractivity (Wildman–Crippen MR) is 61.0 cm³/mol. The zero-order valence-corrected chi connectivity index (χ0v) is 9.59. The molecule has 0 unspecified atom stereocenters. The van der Waals surface area contributed by atoms with Gasteiger partial charge in [-0.25, -0.2) is 0 Å². The van der Waals surface area contributed by atoms with E-state index in [-0.39, 0.29) is 19.1 Å². The number of carbonyl (C=O) groups excluding carboxylic acids is 2. The van der Waals surface area contributed by atoms with Crippen molar-refractivity contribution in [3.8, 4) is 0 Å². The van der Waals surface area contributed by atoms with Crippen molar-refractivity contribution in [3.05, 3.63) is 22.4 Å². The normalized spacial score (nSPS) is 10.0. The molecule has 0 spiro atoms. The van der Waals surface area contributed by atoms with Crippen LogP contribution in [-0.4, -0.2) is 31.6 Å². The van der Waals surface area contributed by atoms with E-state index in [1.54, 1.807) is 11.3 Å². The van der Waals surface area contributed by atoms with Crippen LogP contribution in [0.15, 0.2) is 17.5 Å². The highest BCUT2D eigenvalue weighted by molar-refractivity contribution is 7.09. The highest BCUT2D eigenvalue weighted by Gasteiger charge is 2.03. The van der Waals surface area contributed by atoms with Gasteiger partial charge in [0.05, 0.1) is 19.7 Å². The number of hydrogen-bond acceptors (Lipinski definition) is 5. The second kappa shape index (κ2) is 6.97. The summed E-state index contributed by atoms with van der Waals surface area (Å²) in [5, 5.41) is 4.56. The van der Waals surface area contributed by atoms with Crippen LogP contribution in [-0.2, 0) is 20.7 Å². The first kappa shape index (κ1) is 12.7. The molecule has 1 heterocycles. The fraction of sp³-hybridized carbons (Fsp3) is 0.400. The van der Waals surface area contributed by atoms with Gasteiger partial charge in [-0.2, -0.15) is 0 Å². The van der Waals surface area contributed by atoms with Gasteiger partial charge in [0.15, 0.2) is 0 Å². The first-order valence-electron chi connectivity index (χ1n) is 4.85. The summed E-state index contributed by atoms with van der Waals surface area (Å²) in [6, 6.07) is 3.94. The maximum absolute atomic E-state index is 11.1. The Morgan fingerprint density at radius 1 is 1.44 bits per heavy atom. The molecule has 0 aliphatic heterocycles. The van der Waals surface area contributed by atoms with Gasteiger partial charge in [-0.15, -0.1) is 11.3 Å². The Morgan fingerprint density at radius 3 is 2.88 bits per heavy atom. The molecule has 16 heavy (non-hydrogen) atoms. The summed E-state index contributed by atoms with van der Waals surface area (Å²) < 4.78 is 4.95. The molecule has 0 aliphatic rings. The van der Waals surface area contributed by atoms with E-state index in [0.717, 1.165) is 6.42 Å². The highest BCUT2D eigenvalue weighted by atomic mass is 32.1. The van der Waals surface area contributed by atoms with Crippen LogP contribution < -0.4 is 11.1 Å². The molecule has 0 saturated carbocycles. The summed E-state index contributed by atoms with van der Waals surface area (Å²) in [7, 11) is 0. The van der Waals surface area contributed by atoms with Gasteiger partial charge in [0.1, 0.15) is 0 Å². The number of nitrogens with two attached hydrogens (primary N) is 1. The molecule has 0 aliphatic carbocycles. The molecule has 5 nitrogen and oxygen atoms in total. The Labute approximate surface area is 97.6 Å². The number of primary amides is 1. The molecule has 0 bridgehead atoms. The van der Waals surface area contributed by atoms with E-state index in [9.17, 15) is 9.59 Å². The van der Waals surface area contributed by atoms with E-state index in [1.807, 2.05) is 17.5 Å². The summed E-state index contributed by atoms with van der Waals surface area (Å²) in [6.45, 7) is 0.352. The topological polar surface area (TPSA) is 81.4 Å². The fourth-order valence-corrected chi connectivity index (χ4v) is 1.75. The average molecular weight is 242 g/mol.